The zero-order chi connectivity index (χ0) is 11.7. The van der Waals surface area contributed by atoms with Crippen LogP contribution in [0.15, 0.2) is 18.2 Å². The van der Waals surface area contributed by atoms with E-state index in [0.29, 0.717) is 6.54 Å². The standard InChI is InChI=1S/C12H15IN2O.ClH/c1-8-3-2-4-10(11(8)13)12(16)15-6-5-9(14)7-15;/h2-4,9H,5-7,14H2,1H3;1H/t9-;/m1./s1. The molecule has 1 aliphatic rings. The molecule has 0 aromatic heterocycles. The number of rotatable bonds is 1. The van der Waals surface area contributed by atoms with Crippen molar-refractivity contribution in [1.82, 2.24) is 4.90 Å². The molecular formula is C12H16ClIN2O. The summed E-state index contributed by atoms with van der Waals surface area (Å²) in [6, 6.07) is 5.99. The third kappa shape index (κ3) is 3.11. The molecule has 0 spiro atoms. The third-order valence-electron chi connectivity index (χ3n) is 2.93. The molecule has 1 heterocycles. The lowest BCUT2D eigenvalue weighted by Gasteiger charge is -2.17. The van der Waals surface area contributed by atoms with Gasteiger partial charge in [-0.15, -0.1) is 12.4 Å². The Balaban J connectivity index is 0.00000144. The molecule has 94 valence electrons. The van der Waals surface area contributed by atoms with E-state index in [1.807, 2.05) is 30.0 Å². The van der Waals surface area contributed by atoms with E-state index < -0.39 is 0 Å². The fourth-order valence-electron chi connectivity index (χ4n) is 1.95. The Morgan fingerprint density at radius 3 is 2.82 bits per heavy atom. The van der Waals surface area contributed by atoms with Gasteiger partial charge in [0.2, 0.25) is 0 Å². The number of nitrogens with zero attached hydrogens (tertiary/aromatic N) is 1. The van der Waals surface area contributed by atoms with Crippen molar-refractivity contribution in [3.8, 4) is 0 Å². The molecule has 2 rings (SSSR count). The average molecular weight is 367 g/mol. The second-order valence-electron chi connectivity index (χ2n) is 4.24. The smallest absolute Gasteiger partial charge is 0.254 e. The van der Waals surface area contributed by atoms with E-state index in [1.165, 1.54) is 0 Å². The number of halogens is 2. The summed E-state index contributed by atoms with van der Waals surface area (Å²) in [5.74, 6) is 0.112. The average Bonchev–Trinajstić information content (AvgIpc) is 2.68. The van der Waals surface area contributed by atoms with Crippen molar-refractivity contribution in [2.75, 3.05) is 13.1 Å². The summed E-state index contributed by atoms with van der Waals surface area (Å²) in [6.07, 6.45) is 0.911. The highest BCUT2D eigenvalue weighted by Gasteiger charge is 2.25. The molecule has 2 N–H and O–H groups in total. The van der Waals surface area contributed by atoms with Crippen LogP contribution in [0.5, 0.6) is 0 Å². The van der Waals surface area contributed by atoms with Crippen LogP contribution in [0.2, 0.25) is 0 Å². The molecule has 1 saturated heterocycles. The minimum atomic E-state index is 0. The normalized spacial score (nSPS) is 19.0. The van der Waals surface area contributed by atoms with E-state index in [4.69, 9.17) is 5.73 Å². The second-order valence-corrected chi connectivity index (χ2v) is 5.32. The first-order valence-corrected chi connectivity index (χ1v) is 6.47. The largest absolute Gasteiger partial charge is 0.337 e. The van der Waals surface area contributed by atoms with Crippen LogP contribution in [0.1, 0.15) is 22.3 Å². The molecule has 1 aromatic rings. The highest BCUT2D eigenvalue weighted by Crippen LogP contribution is 2.20. The van der Waals surface area contributed by atoms with Crippen molar-refractivity contribution < 1.29 is 4.79 Å². The molecule has 0 bridgehead atoms. The van der Waals surface area contributed by atoms with Gasteiger partial charge in [-0.25, -0.2) is 0 Å². The number of carbonyl (C=O) groups is 1. The van der Waals surface area contributed by atoms with Crippen LogP contribution < -0.4 is 5.73 Å². The summed E-state index contributed by atoms with van der Waals surface area (Å²) in [5, 5.41) is 0. The highest BCUT2D eigenvalue weighted by atomic mass is 127. The summed E-state index contributed by atoms with van der Waals surface area (Å²) < 4.78 is 1.05. The lowest BCUT2D eigenvalue weighted by atomic mass is 10.1. The van der Waals surface area contributed by atoms with Gasteiger partial charge in [-0.05, 0) is 47.6 Å². The molecular weight excluding hydrogens is 351 g/mol. The maximum Gasteiger partial charge on any atom is 0.254 e. The SMILES string of the molecule is Cc1cccc(C(=O)N2CC[C@@H](N)C2)c1I.Cl. The van der Waals surface area contributed by atoms with Gasteiger partial charge in [0.15, 0.2) is 0 Å². The zero-order valence-corrected chi connectivity index (χ0v) is 12.6. The third-order valence-corrected chi connectivity index (χ3v) is 4.37. The molecule has 17 heavy (non-hydrogen) atoms. The van der Waals surface area contributed by atoms with E-state index >= 15 is 0 Å². The number of benzene rings is 1. The van der Waals surface area contributed by atoms with Crippen molar-refractivity contribution in [3.63, 3.8) is 0 Å². The Bertz CT molecular complexity index is 425. The van der Waals surface area contributed by atoms with Gasteiger partial charge in [0.25, 0.3) is 5.91 Å². The van der Waals surface area contributed by atoms with Crippen LogP contribution in [-0.4, -0.2) is 29.9 Å². The molecule has 3 nitrogen and oxygen atoms in total. The van der Waals surface area contributed by atoms with Crippen molar-refractivity contribution in [2.24, 2.45) is 5.73 Å². The first-order valence-electron chi connectivity index (χ1n) is 5.39. The van der Waals surface area contributed by atoms with Crippen LogP contribution in [0.4, 0.5) is 0 Å². The van der Waals surface area contributed by atoms with E-state index in [2.05, 4.69) is 22.6 Å². The molecule has 0 unspecified atom stereocenters. The lowest BCUT2D eigenvalue weighted by Crippen LogP contribution is -2.32. The van der Waals surface area contributed by atoms with E-state index in [0.717, 1.165) is 27.7 Å². The van der Waals surface area contributed by atoms with Crippen LogP contribution in [-0.2, 0) is 0 Å². The highest BCUT2D eigenvalue weighted by molar-refractivity contribution is 14.1. The van der Waals surface area contributed by atoms with Gasteiger partial charge in [0, 0.05) is 22.7 Å². The van der Waals surface area contributed by atoms with Gasteiger partial charge < -0.3 is 10.6 Å². The Morgan fingerprint density at radius 2 is 2.24 bits per heavy atom. The van der Waals surface area contributed by atoms with Crippen LogP contribution >= 0.6 is 35.0 Å². The predicted molar refractivity (Wildman–Crippen MR) is 79.6 cm³/mol. The Labute approximate surface area is 121 Å². The molecule has 0 radical (unpaired) electrons. The van der Waals surface area contributed by atoms with Crippen LogP contribution in [0, 0.1) is 10.5 Å². The van der Waals surface area contributed by atoms with Gasteiger partial charge >= 0.3 is 0 Å². The molecule has 1 atom stereocenters. The maximum atomic E-state index is 12.2. The van der Waals surface area contributed by atoms with Crippen molar-refractivity contribution in [2.45, 2.75) is 19.4 Å². The van der Waals surface area contributed by atoms with Gasteiger partial charge in [-0.1, -0.05) is 12.1 Å². The summed E-state index contributed by atoms with van der Waals surface area (Å²) in [4.78, 5) is 14.1. The van der Waals surface area contributed by atoms with Gasteiger partial charge in [0.1, 0.15) is 0 Å². The number of amides is 1. The van der Waals surface area contributed by atoms with Crippen LogP contribution in [0.3, 0.4) is 0 Å². The number of nitrogens with two attached hydrogens (primary N) is 1. The van der Waals surface area contributed by atoms with Gasteiger partial charge in [0.05, 0.1) is 5.56 Å². The van der Waals surface area contributed by atoms with Gasteiger partial charge in [-0.2, -0.15) is 0 Å². The molecule has 0 saturated carbocycles. The second kappa shape index (κ2) is 6.02. The summed E-state index contributed by atoms with van der Waals surface area (Å²) in [7, 11) is 0. The number of hydrogen-bond donors (Lipinski definition) is 1. The lowest BCUT2D eigenvalue weighted by molar-refractivity contribution is 0.0789. The summed E-state index contributed by atoms with van der Waals surface area (Å²) in [5.41, 5.74) is 7.76. The first kappa shape index (κ1) is 14.7. The number of likely N-dealkylation sites (tertiary alicyclic amines) is 1. The maximum absolute atomic E-state index is 12.2. The molecule has 1 aliphatic heterocycles. The summed E-state index contributed by atoms with van der Waals surface area (Å²) >= 11 is 2.23. The fraction of sp³-hybridized carbons (Fsp3) is 0.417. The number of aryl methyl sites for hydroxylation is 1. The topological polar surface area (TPSA) is 46.3 Å². The molecule has 0 aliphatic carbocycles. The monoisotopic (exact) mass is 366 g/mol. The van der Waals surface area contributed by atoms with Crippen molar-refractivity contribution >= 4 is 40.9 Å². The van der Waals surface area contributed by atoms with E-state index in [9.17, 15) is 4.79 Å². The predicted octanol–water partition coefficient (Wildman–Crippen LogP) is 2.19. The molecule has 1 fully saturated rings. The zero-order valence-electron chi connectivity index (χ0n) is 9.65. The summed E-state index contributed by atoms with van der Waals surface area (Å²) in [6.45, 7) is 3.49. The molecule has 1 amide bonds. The Morgan fingerprint density at radius 1 is 1.53 bits per heavy atom. The molecule has 1 aromatic carbocycles. The quantitative estimate of drug-likeness (QED) is 0.775. The van der Waals surface area contributed by atoms with Gasteiger partial charge in [-0.3, -0.25) is 4.79 Å². The number of hydrogen-bond acceptors (Lipinski definition) is 2. The number of carbonyl (C=O) groups excluding carboxylic acids is 1. The Kier molecular flexibility index (Phi) is 5.22. The minimum absolute atomic E-state index is 0. The van der Waals surface area contributed by atoms with Crippen LogP contribution in [0.25, 0.3) is 0 Å². The van der Waals surface area contributed by atoms with E-state index in [1.54, 1.807) is 0 Å². The minimum Gasteiger partial charge on any atom is -0.337 e. The fourth-order valence-corrected chi connectivity index (χ4v) is 2.54. The first-order chi connectivity index (χ1) is 7.59. The van der Waals surface area contributed by atoms with Crippen molar-refractivity contribution in [1.29, 1.82) is 0 Å². The van der Waals surface area contributed by atoms with E-state index in [-0.39, 0.29) is 24.4 Å². The molecule has 5 heteroatoms. The Hall–Kier alpha value is -0.330. The van der Waals surface area contributed by atoms with Crippen molar-refractivity contribution in [3.05, 3.63) is 32.9 Å².